The number of methoxy groups -OCH3 is 1. The molecule has 0 aliphatic carbocycles. The van der Waals surface area contributed by atoms with Crippen molar-refractivity contribution >= 4 is 52.0 Å². The third-order valence-electron chi connectivity index (χ3n) is 4.99. The van der Waals surface area contributed by atoms with Crippen molar-refractivity contribution in [2.45, 2.75) is 6.92 Å². The third kappa shape index (κ3) is 3.90. The van der Waals surface area contributed by atoms with Crippen molar-refractivity contribution in [3.63, 3.8) is 0 Å². The maximum atomic E-state index is 13.5. The Bertz CT molecular complexity index is 1220. The number of carbonyl (C=O) groups is 2. The predicted octanol–water partition coefficient (Wildman–Crippen LogP) is 5.71. The Balaban J connectivity index is 1.87. The van der Waals surface area contributed by atoms with Crippen molar-refractivity contribution in [2.24, 2.45) is 0 Å². The van der Waals surface area contributed by atoms with Crippen LogP contribution in [0.25, 0.3) is 5.57 Å². The number of benzene rings is 3. The standard InChI is InChI=1S/C24H18Cl2N2O3/c1-14-5-3-4-6-19(14)28-23(29)21(15-7-9-16(25)10-8-15)22(24(28)30)27-18-13-17(26)11-12-20(18)31-2/h3-13,27H,1-2H3. The Labute approximate surface area is 189 Å². The summed E-state index contributed by atoms with van der Waals surface area (Å²) in [6.45, 7) is 1.85. The van der Waals surface area contributed by atoms with Gasteiger partial charge in [0.1, 0.15) is 11.4 Å². The van der Waals surface area contributed by atoms with E-state index in [-0.39, 0.29) is 11.3 Å². The summed E-state index contributed by atoms with van der Waals surface area (Å²) in [6.07, 6.45) is 0. The van der Waals surface area contributed by atoms with Crippen LogP contribution >= 0.6 is 23.2 Å². The molecule has 156 valence electrons. The number of imide groups is 1. The van der Waals surface area contributed by atoms with E-state index in [0.29, 0.717) is 32.7 Å². The first-order valence-corrected chi connectivity index (χ1v) is 10.2. The summed E-state index contributed by atoms with van der Waals surface area (Å²) in [4.78, 5) is 28.2. The molecule has 0 radical (unpaired) electrons. The van der Waals surface area contributed by atoms with E-state index in [2.05, 4.69) is 5.32 Å². The smallest absolute Gasteiger partial charge is 0.282 e. The molecule has 1 heterocycles. The molecular weight excluding hydrogens is 435 g/mol. The van der Waals surface area contributed by atoms with Crippen LogP contribution in [0.5, 0.6) is 5.75 Å². The molecule has 31 heavy (non-hydrogen) atoms. The van der Waals surface area contributed by atoms with Crippen LogP contribution in [0.1, 0.15) is 11.1 Å². The van der Waals surface area contributed by atoms with Crippen LogP contribution in [0.2, 0.25) is 10.0 Å². The minimum Gasteiger partial charge on any atom is -0.495 e. The molecule has 0 fully saturated rings. The molecule has 1 N–H and O–H groups in total. The van der Waals surface area contributed by atoms with Gasteiger partial charge in [0.2, 0.25) is 0 Å². The van der Waals surface area contributed by atoms with Gasteiger partial charge in [-0.15, -0.1) is 0 Å². The zero-order valence-electron chi connectivity index (χ0n) is 16.8. The summed E-state index contributed by atoms with van der Waals surface area (Å²) in [5, 5.41) is 4.08. The highest BCUT2D eigenvalue weighted by Crippen LogP contribution is 2.37. The molecule has 1 aliphatic rings. The number of aryl methyl sites for hydroxylation is 1. The average molecular weight is 453 g/mol. The van der Waals surface area contributed by atoms with E-state index in [1.807, 2.05) is 19.1 Å². The van der Waals surface area contributed by atoms with E-state index >= 15 is 0 Å². The molecule has 0 spiro atoms. The number of hydrogen-bond donors (Lipinski definition) is 1. The molecule has 0 bridgehead atoms. The maximum absolute atomic E-state index is 13.5. The summed E-state index contributed by atoms with van der Waals surface area (Å²) in [5.74, 6) is -0.404. The van der Waals surface area contributed by atoms with Crippen LogP contribution in [0.4, 0.5) is 11.4 Å². The van der Waals surface area contributed by atoms with Gasteiger partial charge in [0.05, 0.1) is 24.1 Å². The van der Waals surface area contributed by atoms with E-state index in [1.54, 1.807) is 54.6 Å². The molecule has 3 aromatic carbocycles. The highest BCUT2D eigenvalue weighted by molar-refractivity contribution is 6.46. The van der Waals surface area contributed by atoms with Gasteiger partial charge in [-0.2, -0.15) is 0 Å². The second-order valence-corrected chi connectivity index (χ2v) is 7.83. The van der Waals surface area contributed by atoms with E-state index in [0.717, 1.165) is 5.56 Å². The Morgan fingerprint density at radius 3 is 2.23 bits per heavy atom. The van der Waals surface area contributed by atoms with Gasteiger partial charge in [0, 0.05) is 10.0 Å². The molecule has 7 heteroatoms. The van der Waals surface area contributed by atoms with Crippen LogP contribution in [0, 0.1) is 6.92 Å². The fourth-order valence-electron chi connectivity index (χ4n) is 3.48. The zero-order chi connectivity index (χ0) is 22.1. The number of anilines is 2. The quantitative estimate of drug-likeness (QED) is 0.503. The Kier molecular flexibility index (Phi) is 5.72. The van der Waals surface area contributed by atoms with Crippen LogP contribution in [-0.2, 0) is 9.59 Å². The average Bonchev–Trinajstić information content (AvgIpc) is 2.99. The second kappa shape index (κ2) is 8.46. The molecule has 0 atom stereocenters. The molecule has 5 nitrogen and oxygen atoms in total. The number of carbonyl (C=O) groups excluding carboxylic acids is 2. The normalized spacial score (nSPS) is 13.7. The molecule has 4 rings (SSSR count). The lowest BCUT2D eigenvalue weighted by Crippen LogP contribution is -2.33. The molecule has 3 aromatic rings. The third-order valence-corrected chi connectivity index (χ3v) is 5.48. The van der Waals surface area contributed by atoms with Gasteiger partial charge >= 0.3 is 0 Å². The van der Waals surface area contributed by atoms with Gasteiger partial charge in [0.25, 0.3) is 11.8 Å². The lowest BCUT2D eigenvalue weighted by Gasteiger charge is -2.18. The number of nitrogens with zero attached hydrogens (tertiary/aromatic N) is 1. The summed E-state index contributed by atoms with van der Waals surface area (Å²) >= 11 is 12.2. The second-order valence-electron chi connectivity index (χ2n) is 6.96. The van der Waals surface area contributed by atoms with E-state index in [1.165, 1.54) is 12.0 Å². The lowest BCUT2D eigenvalue weighted by molar-refractivity contribution is -0.120. The predicted molar refractivity (Wildman–Crippen MR) is 124 cm³/mol. The summed E-state index contributed by atoms with van der Waals surface area (Å²) in [6, 6.07) is 19.0. The SMILES string of the molecule is COc1ccc(Cl)cc1NC1=C(c2ccc(Cl)cc2)C(=O)N(c2ccccc2C)C1=O. The van der Waals surface area contributed by atoms with Crippen molar-refractivity contribution in [3.05, 3.63) is 93.6 Å². The number of para-hydroxylation sites is 1. The van der Waals surface area contributed by atoms with Gasteiger partial charge < -0.3 is 10.1 Å². The highest BCUT2D eigenvalue weighted by Gasteiger charge is 2.41. The molecule has 2 amide bonds. The molecule has 1 aliphatic heterocycles. The van der Waals surface area contributed by atoms with Gasteiger partial charge in [0.15, 0.2) is 0 Å². The van der Waals surface area contributed by atoms with Crippen LogP contribution in [0.15, 0.2) is 72.4 Å². The van der Waals surface area contributed by atoms with Crippen LogP contribution in [-0.4, -0.2) is 18.9 Å². The van der Waals surface area contributed by atoms with Gasteiger partial charge in [-0.1, -0.05) is 53.5 Å². The first kappa shape index (κ1) is 21.0. The van der Waals surface area contributed by atoms with Crippen molar-refractivity contribution in [2.75, 3.05) is 17.3 Å². The van der Waals surface area contributed by atoms with E-state index in [9.17, 15) is 9.59 Å². The first-order chi connectivity index (χ1) is 14.9. The number of rotatable bonds is 5. The first-order valence-electron chi connectivity index (χ1n) is 9.46. The Hall–Kier alpha value is -3.28. The van der Waals surface area contributed by atoms with Crippen molar-refractivity contribution in [3.8, 4) is 5.75 Å². The topological polar surface area (TPSA) is 58.6 Å². The van der Waals surface area contributed by atoms with E-state index in [4.69, 9.17) is 27.9 Å². The Morgan fingerprint density at radius 2 is 1.55 bits per heavy atom. The highest BCUT2D eigenvalue weighted by atomic mass is 35.5. The van der Waals surface area contributed by atoms with Crippen molar-refractivity contribution in [1.29, 1.82) is 0 Å². The summed E-state index contributed by atoms with van der Waals surface area (Å²) in [5.41, 5.74) is 2.76. The van der Waals surface area contributed by atoms with Crippen LogP contribution < -0.4 is 15.0 Å². The van der Waals surface area contributed by atoms with Crippen LogP contribution in [0.3, 0.4) is 0 Å². The van der Waals surface area contributed by atoms with Gasteiger partial charge in [-0.25, -0.2) is 4.90 Å². The summed E-state index contributed by atoms with van der Waals surface area (Å²) in [7, 11) is 1.52. The Morgan fingerprint density at radius 1 is 0.871 bits per heavy atom. The maximum Gasteiger partial charge on any atom is 0.282 e. The molecule has 0 saturated carbocycles. The fraction of sp³-hybridized carbons (Fsp3) is 0.0833. The minimum atomic E-state index is -0.466. The van der Waals surface area contributed by atoms with Gasteiger partial charge in [-0.3, -0.25) is 9.59 Å². The number of nitrogens with one attached hydrogen (secondary N) is 1. The molecule has 0 aromatic heterocycles. The zero-order valence-corrected chi connectivity index (χ0v) is 18.3. The molecule has 0 saturated heterocycles. The number of amides is 2. The van der Waals surface area contributed by atoms with E-state index < -0.39 is 11.8 Å². The van der Waals surface area contributed by atoms with Crippen molar-refractivity contribution < 1.29 is 14.3 Å². The lowest BCUT2D eigenvalue weighted by atomic mass is 10.0. The molecular formula is C24H18Cl2N2O3. The largest absolute Gasteiger partial charge is 0.495 e. The fourth-order valence-corrected chi connectivity index (χ4v) is 3.77. The van der Waals surface area contributed by atoms with Gasteiger partial charge in [-0.05, 0) is 54.4 Å². The summed E-state index contributed by atoms with van der Waals surface area (Å²) < 4.78 is 5.39. The number of halogens is 2. The monoisotopic (exact) mass is 452 g/mol. The number of ether oxygens (including phenoxy) is 1. The van der Waals surface area contributed by atoms with Crippen molar-refractivity contribution in [1.82, 2.24) is 0 Å². The molecule has 0 unspecified atom stereocenters. The minimum absolute atomic E-state index is 0.135. The number of hydrogen-bond acceptors (Lipinski definition) is 4.